The molecule has 0 spiro atoms. The molecule has 0 saturated carbocycles. The summed E-state index contributed by atoms with van der Waals surface area (Å²) in [5.74, 6) is 0.110. The molecule has 0 aliphatic rings. The van der Waals surface area contributed by atoms with Gasteiger partial charge in [-0.25, -0.2) is 0 Å². The minimum absolute atomic E-state index is 0.503. The number of aryl methyl sites for hydroxylation is 1. The summed E-state index contributed by atoms with van der Waals surface area (Å²) in [4.78, 5) is 22.7. The third-order valence-electron chi connectivity index (χ3n) is 3.72. The lowest BCUT2D eigenvalue weighted by atomic mass is 10.2. The maximum absolute atomic E-state index is 11.6. The molecule has 128 valence electrons. The number of Topliss-reactive ketones (excluding diaryl/α,β-unsaturated/α-hetero) is 1. The molecule has 0 saturated heterocycles. The van der Waals surface area contributed by atoms with E-state index < -0.39 is 11.7 Å². The van der Waals surface area contributed by atoms with E-state index in [4.69, 9.17) is 9.47 Å². The second-order valence-electron chi connectivity index (χ2n) is 5.40. The number of amides is 1. The highest BCUT2D eigenvalue weighted by Gasteiger charge is 2.17. The molecule has 1 aromatic heterocycles. The summed E-state index contributed by atoms with van der Waals surface area (Å²) in [5, 5.41) is 7.04. The second kappa shape index (κ2) is 7.16. The van der Waals surface area contributed by atoms with Crippen molar-refractivity contribution in [3.63, 3.8) is 0 Å². The lowest BCUT2D eigenvalue weighted by molar-refractivity contribution is -0.133. The Balaban J connectivity index is 2.28. The van der Waals surface area contributed by atoms with E-state index in [-0.39, 0.29) is 0 Å². The minimum atomic E-state index is -0.646. The normalized spacial score (nSPS) is 10.4. The van der Waals surface area contributed by atoms with E-state index in [9.17, 15) is 9.59 Å². The largest absolute Gasteiger partial charge is 0.493 e. The van der Waals surface area contributed by atoms with E-state index in [0.29, 0.717) is 29.4 Å². The number of anilines is 1. The van der Waals surface area contributed by atoms with Gasteiger partial charge in [0, 0.05) is 6.92 Å². The van der Waals surface area contributed by atoms with E-state index >= 15 is 0 Å². The van der Waals surface area contributed by atoms with Crippen LogP contribution in [0.3, 0.4) is 0 Å². The Morgan fingerprint density at radius 2 is 1.83 bits per heavy atom. The Morgan fingerprint density at radius 3 is 2.42 bits per heavy atom. The Labute approximate surface area is 140 Å². The molecule has 2 rings (SSSR count). The van der Waals surface area contributed by atoms with Crippen LogP contribution < -0.4 is 14.8 Å². The monoisotopic (exact) mass is 331 g/mol. The Bertz CT molecular complexity index is 780. The van der Waals surface area contributed by atoms with Crippen LogP contribution in [0.5, 0.6) is 11.5 Å². The van der Waals surface area contributed by atoms with E-state index in [1.165, 1.54) is 6.92 Å². The number of carbonyl (C=O) groups excluding carboxylic acids is 2. The van der Waals surface area contributed by atoms with Crippen LogP contribution in [-0.2, 0) is 16.1 Å². The standard InChI is InChI=1S/C17H21N3O4/c1-10-16(18-17(22)12(3)21)11(2)20(19-10)9-13-6-7-14(23-4)15(8-13)24-5/h6-8H,9H2,1-5H3,(H,18,22). The summed E-state index contributed by atoms with van der Waals surface area (Å²) in [7, 11) is 3.17. The van der Waals surface area contributed by atoms with Gasteiger partial charge in [-0.2, -0.15) is 5.10 Å². The number of ketones is 1. The molecule has 1 aromatic carbocycles. The lowest BCUT2D eigenvalue weighted by Crippen LogP contribution is -2.20. The van der Waals surface area contributed by atoms with Gasteiger partial charge in [0.1, 0.15) is 0 Å². The Kier molecular flexibility index (Phi) is 5.23. The molecule has 1 amide bonds. The third-order valence-corrected chi connectivity index (χ3v) is 3.72. The maximum Gasteiger partial charge on any atom is 0.291 e. The fourth-order valence-electron chi connectivity index (χ4n) is 2.39. The summed E-state index contributed by atoms with van der Waals surface area (Å²) in [6.07, 6.45) is 0. The summed E-state index contributed by atoms with van der Waals surface area (Å²) in [6, 6.07) is 5.63. The van der Waals surface area contributed by atoms with Gasteiger partial charge in [-0.15, -0.1) is 0 Å². The first-order valence-corrected chi connectivity index (χ1v) is 7.44. The van der Waals surface area contributed by atoms with Crippen LogP contribution in [0, 0.1) is 13.8 Å². The van der Waals surface area contributed by atoms with Gasteiger partial charge < -0.3 is 14.8 Å². The summed E-state index contributed by atoms with van der Waals surface area (Å²) in [5.41, 5.74) is 2.97. The van der Waals surface area contributed by atoms with Gasteiger partial charge in [-0.1, -0.05) is 6.07 Å². The molecule has 0 aliphatic carbocycles. The van der Waals surface area contributed by atoms with Gasteiger partial charge in [0.2, 0.25) is 5.78 Å². The molecular weight excluding hydrogens is 310 g/mol. The van der Waals surface area contributed by atoms with Crippen molar-refractivity contribution in [2.24, 2.45) is 0 Å². The fraction of sp³-hybridized carbons (Fsp3) is 0.353. The molecule has 0 atom stereocenters. The number of benzene rings is 1. The number of carbonyl (C=O) groups is 2. The molecule has 7 nitrogen and oxygen atoms in total. The van der Waals surface area contributed by atoms with E-state index in [2.05, 4.69) is 10.4 Å². The average Bonchev–Trinajstić information content (AvgIpc) is 2.82. The Hall–Kier alpha value is -2.83. The molecule has 0 radical (unpaired) electrons. The fourth-order valence-corrected chi connectivity index (χ4v) is 2.39. The van der Waals surface area contributed by atoms with Crippen LogP contribution in [0.2, 0.25) is 0 Å². The zero-order valence-corrected chi connectivity index (χ0v) is 14.5. The zero-order valence-electron chi connectivity index (χ0n) is 14.5. The SMILES string of the molecule is COc1ccc(Cn2nc(C)c(NC(=O)C(C)=O)c2C)cc1OC. The van der Waals surface area contributed by atoms with Gasteiger partial charge in [-0.05, 0) is 31.5 Å². The number of hydrogen-bond acceptors (Lipinski definition) is 5. The molecule has 1 N–H and O–H groups in total. The number of nitrogens with zero attached hydrogens (tertiary/aromatic N) is 2. The molecule has 0 bridgehead atoms. The highest BCUT2D eigenvalue weighted by Crippen LogP contribution is 2.28. The topological polar surface area (TPSA) is 82.5 Å². The molecule has 0 fully saturated rings. The zero-order chi connectivity index (χ0) is 17.9. The number of nitrogens with one attached hydrogen (secondary N) is 1. The molecule has 1 heterocycles. The van der Waals surface area contributed by atoms with Crippen LogP contribution in [0.4, 0.5) is 5.69 Å². The first-order chi connectivity index (χ1) is 11.4. The molecule has 7 heteroatoms. The van der Waals surface area contributed by atoms with Gasteiger partial charge in [-0.3, -0.25) is 14.3 Å². The number of ether oxygens (including phenoxy) is 2. The second-order valence-corrected chi connectivity index (χ2v) is 5.40. The van der Waals surface area contributed by atoms with Crippen LogP contribution >= 0.6 is 0 Å². The Morgan fingerprint density at radius 1 is 1.17 bits per heavy atom. The van der Waals surface area contributed by atoms with Crippen molar-refractivity contribution < 1.29 is 19.1 Å². The van der Waals surface area contributed by atoms with Gasteiger partial charge in [0.25, 0.3) is 5.91 Å². The third kappa shape index (κ3) is 3.56. The van der Waals surface area contributed by atoms with E-state index in [1.54, 1.807) is 25.8 Å². The van der Waals surface area contributed by atoms with Gasteiger partial charge in [0.05, 0.1) is 37.8 Å². The smallest absolute Gasteiger partial charge is 0.291 e. The van der Waals surface area contributed by atoms with Crippen LogP contribution in [0.1, 0.15) is 23.9 Å². The predicted molar refractivity (Wildman–Crippen MR) is 89.7 cm³/mol. The van der Waals surface area contributed by atoms with E-state index in [1.807, 2.05) is 25.1 Å². The lowest BCUT2D eigenvalue weighted by Gasteiger charge is -2.10. The van der Waals surface area contributed by atoms with E-state index in [0.717, 1.165) is 11.3 Å². The molecule has 24 heavy (non-hydrogen) atoms. The quantitative estimate of drug-likeness (QED) is 0.820. The van der Waals surface area contributed by atoms with Crippen molar-refractivity contribution in [2.75, 3.05) is 19.5 Å². The predicted octanol–water partition coefficient (Wildman–Crippen LogP) is 2.09. The minimum Gasteiger partial charge on any atom is -0.493 e. The van der Waals surface area contributed by atoms with Crippen LogP contribution in [-0.4, -0.2) is 35.7 Å². The van der Waals surface area contributed by atoms with Crippen molar-refractivity contribution in [3.8, 4) is 11.5 Å². The summed E-state index contributed by atoms with van der Waals surface area (Å²) < 4.78 is 12.3. The summed E-state index contributed by atoms with van der Waals surface area (Å²) in [6.45, 7) is 5.36. The average molecular weight is 331 g/mol. The number of rotatable bonds is 6. The number of methoxy groups -OCH3 is 2. The first-order valence-electron chi connectivity index (χ1n) is 7.44. The highest BCUT2D eigenvalue weighted by atomic mass is 16.5. The molecular formula is C17H21N3O4. The summed E-state index contributed by atoms with van der Waals surface area (Å²) >= 11 is 0. The molecule has 2 aromatic rings. The highest BCUT2D eigenvalue weighted by molar-refractivity contribution is 6.39. The van der Waals surface area contributed by atoms with Crippen molar-refractivity contribution in [1.82, 2.24) is 9.78 Å². The maximum atomic E-state index is 11.6. The van der Waals surface area contributed by atoms with Crippen molar-refractivity contribution in [1.29, 1.82) is 0 Å². The number of aromatic nitrogens is 2. The molecule has 0 unspecified atom stereocenters. The van der Waals surface area contributed by atoms with Crippen molar-refractivity contribution in [3.05, 3.63) is 35.2 Å². The molecule has 0 aliphatic heterocycles. The van der Waals surface area contributed by atoms with Crippen LogP contribution in [0.15, 0.2) is 18.2 Å². The van der Waals surface area contributed by atoms with Crippen molar-refractivity contribution >= 4 is 17.4 Å². The number of hydrogen-bond donors (Lipinski definition) is 1. The van der Waals surface area contributed by atoms with Crippen molar-refractivity contribution in [2.45, 2.75) is 27.3 Å². The van der Waals surface area contributed by atoms with Gasteiger partial charge in [0.15, 0.2) is 11.5 Å². The van der Waals surface area contributed by atoms with Gasteiger partial charge >= 0.3 is 0 Å². The van der Waals surface area contributed by atoms with Crippen LogP contribution in [0.25, 0.3) is 0 Å². The first kappa shape index (κ1) is 17.5.